The lowest BCUT2D eigenvalue weighted by atomic mass is 10.1. The van der Waals surface area contributed by atoms with Gasteiger partial charge in [0.2, 0.25) is 6.10 Å². The van der Waals surface area contributed by atoms with Crippen molar-refractivity contribution in [1.29, 1.82) is 0 Å². The molecule has 0 saturated heterocycles. The van der Waals surface area contributed by atoms with Crippen molar-refractivity contribution in [3.63, 3.8) is 0 Å². The summed E-state index contributed by atoms with van der Waals surface area (Å²) in [4.78, 5) is 25.7. The third-order valence-corrected chi connectivity index (χ3v) is 4.02. The number of nitrogens with zero attached hydrogens (tertiary/aromatic N) is 1. The van der Waals surface area contributed by atoms with Gasteiger partial charge in [0.05, 0.1) is 0 Å². The summed E-state index contributed by atoms with van der Waals surface area (Å²) in [7, 11) is 3.31. The smallest absolute Gasteiger partial charge is 0.267 e. The van der Waals surface area contributed by atoms with Crippen molar-refractivity contribution >= 4 is 11.8 Å². The second kappa shape index (κ2) is 7.25. The lowest BCUT2D eigenvalue weighted by Crippen LogP contribution is -2.44. The average Bonchev–Trinajstić information content (AvgIpc) is 2.67. The minimum absolute atomic E-state index is 0.137. The molecule has 2 aromatic rings. The zero-order valence-corrected chi connectivity index (χ0v) is 14.2. The number of para-hydroxylation sites is 2. The van der Waals surface area contributed by atoms with Gasteiger partial charge in [-0.3, -0.25) is 9.59 Å². The van der Waals surface area contributed by atoms with Crippen molar-refractivity contribution in [1.82, 2.24) is 10.2 Å². The van der Waals surface area contributed by atoms with Gasteiger partial charge in [-0.2, -0.15) is 0 Å². The lowest BCUT2D eigenvalue weighted by molar-refractivity contribution is -0.140. The summed E-state index contributed by atoms with van der Waals surface area (Å²) >= 11 is 0. The monoisotopic (exact) mass is 340 g/mol. The zero-order valence-electron chi connectivity index (χ0n) is 14.2. The molecule has 0 aromatic heterocycles. The Morgan fingerprint density at radius 3 is 2.48 bits per heavy atom. The van der Waals surface area contributed by atoms with Crippen LogP contribution >= 0.6 is 0 Å². The van der Waals surface area contributed by atoms with Crippen molar-refractivity contribution in [3.8, 4) is 11.5 Å². The van der Waals surface area contributed by atoms with Gasteiger partial charge >= 0.3 is 0 Å². The van der Waals surface area contributed by atoms with E-state index in [0.717, 1.165) is 5.56 Å². The van der Waals surface area contributed by atoms with Gasteiger partial charge in [0.25, 0.3) is 11.8 Å². The Morgan fingerprint density at radius 1 is 1.12 bits per heavy atom. The molecule has 0 spiro atoms. The molecule has 0 unspecified atom stereocenters. The Labute approximate surface area is 146 Å². The normalized spacial score (nSPS) is 15.4. The first-order valence-corrected chi connectivity index (χ1v) is 8.03. The summed E-state index contributed by atoms with van der Waals surface area (Å²) in [5, 5.41) is 2.58. The van der Waals surface area contributed by atoms with Crippen LogP contribution in [0.25, 0.3) is 0 Å². The van der Waals surface area contributed by atoms with E-state index in [0.29, 0.717) is 23.6 Å². The molecule has 1 aliphatic rings. The number of likely N-dealkylation sites (N-methyl/N-ethyl adjacent to an activating group) is 1. The van der Waals surface area contributed by atoms with E-state index < -0.39 is 6.10 Å². The Balaban J connectivity index is 1.62. The van der Waals surface area contributed by atoms with E-state index >= 15 is 0 Å². The number of carbonyl (C=O) groups excluding carboxylic acids is 2. The molecule has 0 bridgehead atoms. The molecule has 6 nitrogen and oxygen atoms in total. The Bertz CT molecular complexity index is 773. The number of rotatable bonds is 4. The van der Waals surface area contributed by atoms with Gasteiger partial charge in [-0.25, -0.2) is 0 Å². The molecule has 130 valence electrons. The maximum absolute atomic E-state index is 12.6. The van der Waals surface area contributed by atoms with Crippen LogP contribution in [-0.2, 0) is 11.3 Å². The highest BCUT2D eigenvalue weighted by molar-refractivity contribution is 5.93. The van der Waals surface area contributed by atoms with Crippen molar-refractivity contribution in [2.24, 2.45) is 0 Å². The molecule has 1 heterocycles. The second-order valence-electron chi connectivity index (χ2n) is 5.83. The van der Waals surface area contributed by atoms with Gasteiger partial charge in [-0.05, 0) is 29.8 Å². The number of ether oxygens (including phenoxy) is 2. The molecule has 2 amide bonds. The molecule has 0 aliphatic carbocycles. The summed E-state index contributed by atoms with van der Waals surface area (Å²) in [5.74, 6) is 0.946. The van der Waals surface area contributed by atoms with Crippen LogP contribution in [0.15, 0.2) is 48.5 Å². The third-order valence-electron chi connectivity index (χ3n) is 4.02. The van der Waals surface area contributed by atoms with Crippen molar-refractivity contribution in [2.45, 2.75) is 12.6 Å². The molecule has 0 saturated carbocycles. The highest BCUT2D eigenvalue weighted by Crippen LogP contribution is 2.31. The highest BCUT2D eigenvalue weighted by atomic mass is 16.6. The maximum Gasteiger partial charge on any atom is 0.267 e. The molecule has 3 rings (SSSR count). The number of benzene rings is 2. The molecule has 0 radical (unpaired) electrons. The van der Waals surface area contributed by atoms with E-state index in [-0.39, 0.29) is 18.4 Å². The van der Waals surface area contributed by atoms with E-state index in [1.165, 1.54) is 0 Å². The SMILES string of the molecule is CNC(=O)c1ccc(CN(C)C(=O)[C@H]2COc3ccccc3O2)cc1. The average molecular weight is 340 g/mol. The molecule has 6 heteroatoms. The fourth-order valence-corrected chi connectivity index (χ4v) is 2.64. The van der Waals surface area contributed by atoms with Gasteiger partial charge in [0.1, 0.15) is 6.61 Å². The number of carbonyl (C=O) groups is 2. The molecule has 1 N–H and O–H groups in total. The summed E-state index contributed by atoms with van der Waals surface area (Å²) in [6.07, 6.45) is -0.662. The van der Waals surface area contributed by atoms with Gasteiger partial charge in [-0.15, -0.1) is 0 Å². The predicted molar refractivity (Wildman–Crippen MR) is 92.7 cm³/mol. The molecular weight excluding hydrogens is 320 g/mol. The van der Waals surface area contributed by atoms with Crippen LogP contribution in [0, 0.1) is 0 Å². The fraction of sp³-hybridized carbons (Fsp3) is 0.263. The third kappa shape index (κ3) is 3.74. The van der Waals surface area contributed by atoms with Crippen LogP contribution in [0.5, 0.6) is 11.5 Å². The Morgan fingerprint density at radius 2 is 1.80 bits per heavy atom. The summed E-state index contributed by atoms with van der Waals surface area (Å²) in [6.45, 7) is 0.615. The number of fused-ring (bicyclic) bond motifs is 1. The number of hydrogen-bond acceptors (Lipinski definition) is 4. The Hall–Kier alpha value is -3.02. The minimum atomic E-state index is -0.662. The number of hydrogen-bond donors (Lipinski definition) is 1. The van der Waals surface area contributed by atoms with Crippen LogP contribution in [0.4, 0.5) is 0 Å². The first-order chi connectivity index (χ1) is 12.1. The number of nitrogens with one attached hydrogen (secondary N) is 1. The topological polar surface area (TPSA) is 67.9 Å². The van der Waals surface area contributed by atoms with Crippen LogP contribution < -0.4 is 14.8 Å². The first-order valence-electron chi connectivity index (χ1n) is 8.03. The van der Waals surface area contributed by atoms with Gasteiger partial charge in [0, 0.05) is 26.2 Å². The quantitative estimate of drug-likeness (QED) is 0.922. The largest absolute Gasteiger partial charge is 0.485 e. The fourth-order valence-electron chi connectivity index (χ4n) is 2.64. The van der Waals surface area contributed by atoms with Gasteiger partial charge < -0.3 is 19.7 Å². The maximum atomic E-state index is 12.6. The standard InChI is InChI=1S/C19H20N2O4/c1-20-18(22)14-9-7-13(8-10-14)11-21(2)19(23)17-12-24-15-5-3-4-6-16(15)25-17/h3-10,17H,11-12H2,1-2H3,(H,20,22)/t17-/m1/s1. The van der Waals surface area contributed by atoms with Crippen LogP contribution in [0.2, 0.25) is 0 Å². The van der Waals surface area contributed by atoms with Crippen molar-refractivity contribution in [2.75, 3.05) is 20.7 Å². The van der Waals surface area contributed by atoms with Crippen molar-refractivity contribution < 1.29 is 19.1 Å². The zero-order chi connectivity index (χ0) is 17.8. The minimum Gasteiger partial charge on any atom is -0.485 e. The van der Waals surface area contributed by atoms with E-state index in [1.54, 1.807) is 37.2 Å². The summed E-state index contributed by atoms with van der Waals surface area (Å²) in [6, 6.07) is 14.4. The van der Waals surface area contributed by atoms with Crippen molar-refractivity contribution in [3.05, 3.63) is 59.7 Å². The molecule has 1 atom stereocenters. The first kappa shape index (κ1) is 16.8. The molecule has 1 aliphatic heterocycles. The molecule has 25 heavy (non-hydrogen) atoms. The van der Waals surface area contributed by atoms with Crippen LogP contribution in [0.3, 0.4) is 0 Å². The predicted octanol–water partition coefficient (Wildman–Crippen LogP) is 1.84. The molecule has 0 fully saturated rings. The lowest BCUT2D eigenvalue weighted by Gasteiger charge is -2.28. The van der Waals surface area contributed by atoms with E-state index in [9.17, 15) is 9.59 Å². The summed E-state index contributed by atoms with van der Waals surface area (Å²) in [5.41, 5.74) is 1.52. The van der Waals surface area contributed by atoms with Gasteiger partial charge in [-0.1, -0.05) is 24.3 Å². The van der Waals surface area contributed by atoms with Crippen LogP contribution in [-0.4, -0.2) is 43.5 Å². The van der Waals surface area contributed by atoms with E-state index in [4.69, 9.17) is 9.47 Å². The summed E-state index contributed by atoms with van der Waals surface area (Å²) < 4.78 is 11.3. The second-order valence-corrected chi connectivity index (χ2v) is 5.83. The van der Waals surface area contributed by atoms with Gasteiger partial charge in [0.15, 0.2) is 11.5 Å². The highest BCUT2D eigenvalue weighted by Gasteiger charge is 2.29. The van der Waals surface area contributed by atoms with E-state index in [1.807, 2.05) is 30.3 Å². The molecular formula is C19H20N2O4. The van der Waals surface area contributed by atoms with E-state index in [2.05, 4.69) is 5.32 Å². The molecule has 2 aromatic carbocycles. The Kier molecular flexibility index (Phi) is 4.88. The number of amides is 2. The van der Waals surface area contributed by atoms with Crippen LogP contribution in [0.1, 0.15) is 15.9 Å².